The van der Waals surface area contributed by atoms with E-state index in [0.717, 1.165) is 24.7 Å². The SMILES string of the molecule is Nc1ncc(-c2cn([C@H]3[C@@H]4CN(CC(F)(F)F)C[C@@H]43)c(C3CC3)n2)cc1C(F)(F)F. The van der Waals surface area contributed by atoms with Crippen molar-refractivity contribution in [2.75, 3.05) is 25.4 Å². The highest BCUT2D eigenvalue weighted by molar-refractivity contribution is 5.62. The van der Waals surface area contributed by atoms with E-state index in [-0.39, 0.29) is 29.4 Å². The van der Waals surface area contributed by atoms with Crippen molar-refractivity contribution in [3.8, 4) is 11.3 Å². The fraction of sp³-hybridized carbons (Fsp3) is 0.579. The molecule has 0 radical (unpaired) electrons. The van der Waals surface area contributed by atoms with Crippen LogP contribution in [-0.4, -0.2) is 45.2 Å². The van der Waals surface area contributed by atoms with E-state index in [4.69, 9.17) is 5.73 Å². The first-order chi connectivity index (χ1) is 14.0. The van der Waals surface area contributed by atoms with Crippen LogP contribution in [0.1, 0.15) is 36.2 Å². The van der Waals surface area contributed by atoms with Gasteiger partial charge in [-0.3, -0.25) is 4.90 Å². The van der Waals surface area contributed by atoms with Crippen LogP contribution in [0.5, 0.6) is 0 Å². The molecule has 0 aromatic carbocycles. The Morgan fingerprint density at radius 1 is 1.07 bits per heavy atom. The summed E-state index contributed by atoms with van der Waals surface area (Å²) in [4.78, 5) is 9.68. The average molecular weight is 431 g/mol. The number of alkyl halides is 6. The molecular formula is C19H19F6N5. The zero-order valence-corrected chi connectivity index (χ0v) is 15.7. The fourth-order valence-corrected chi connectivity index (χ4v) is 4.65. The van der Waals surface area contributed by atoms with E-state index in [1.165, 1.54) is 11.1 Å². The molecule has 2 saturated carbocycles. The van der Waals surface area contributed by atoms with Crippen LogP contribution >= 0.6 is 0 Å². The summed E-state index contributed by atoms with van der Waals surface area (Å²) >= 11 is 0. The van der Waals surface area contributed by atoms with Gasteiger partial charge in [0.1, 0.15) is 11.6 Å². The zero-order valence-electron chi connectivity index (χ0n) is 15.7. The van der Waals surface area contributed by atoms with E-state index in [2.05, 4.69) is 9.97 Å². The van der Waals surface area contributed by atoms with Crippen LogP contribution in [0.3, 0.4) is 0 Å². The molecule has 11 heteroatoms. The van der Waals surface area contributed by atoms with Gasteiger partial charge in [-0.15, -0.1) is 0 Å². The van der Waals surface area contributed by atoms with Gasteiger partial charge in [0.2, 0.25) is 0 Å². The Morgan fingerprint density at radius 2 is 1.73 bits per heavy atom. The summed E-state index contributed by atoms with van der Waals surface area (Å²) in [6.45, 7) is -0.170. The van der Waals surface area contributed by atoms with Gasteiger partial charge in [-0.25, -0.2) is 9.97 Å². The number of fused-ring (bicyclic) bond motifs is 1. The van der Waals surface area contributed by atoms with Crippen molar-refractivity contribution >= 4 is 5.82 Å². The van der Waals surface area contributed by atoms with Gasteiger partial charge in [-0.1, -0.05) is 0 Å². The van der Waals surface area contributed by atoms with Gasteiger partial charge < -0.3 is 10.3 Å². The largest absolute Gasteiger partial charge is 0.419 e. The maximum Gasteiger partial charge on any atom is 0.419 e. The van der Waals surface area contributed by atoms with Crippen molar-refractivity contribution in [2.45, 2.75) is 37.2 Å². The molecule has 2 N–H and O–H groups in total. The highest BCUT2D eigenvalue weighted by Crippen LogP contribution is 2.57. The molecule has 3 aliphatic rings. The van der Waals surface area contributed by atoms with Crippen molar-refractivity contribution in [3.63, 3.8) is 0 Å². The molecule has 1 saturated heterocycles. The first-order valence-electron chi connectivity index (χ1n) is 9.72. The topological polar surface area (TPSA) is 60.0 Å². The fourth-order valence-electron chi connectivity index (χ4n) is 4.65. The lowest BCUT2D eigenvalue weighted by Gasteiger charge is -2.21. The third-order valence-electron chi connectivity index (χ3n) is 6.17. The van der Waals surface area contributed by atoms with Crippen LogP contribution in [0.4, 0.5) is 32.2 Å². The maximum absolute atomic E-state index is 13.2. The molecule has 2 aromatic heterocycles. The summed E-state index contributed by atoms with van der Waals surface area (Å²) in [5, 5.41) is 0. The lowest BCUT2D eigenvalue weighted by atomic mass is 10.1. The minimum absolute atomic E-state index is 0.0511. The molecule has 2 aliphatic carbocycles. The standard InChI is InChI=1S/C19H19F6N5/c20-18(21,22)8-29-5-11-12(6-29)15(11)30-7-14(28-17(30)9-1-2-9)10-3-13(19(23,24)25)16(26)27-4-10/h3-4,7,9,11-12,15H,1-2,5-6,8H2,(H2,26,27)/t11-,12+,15+. The number of rotatable bonds is 4. The normalized spacial score (nSPS) is 26.8. The Bertz CT molecular complexity index is 965. The molecule has 3 fully saturated rings. The number of likely N-dealkylation sites (tertiary alicyclic amines) is 1. The van der Waals surface area contributed by atoms with Crippen molar-refractivity contribution in [2.24, 2.45) is 11.8 Å². The van der Waals surface area contributed by atoms with E-state index in [1.807, 2.05) is 4.57 Å². The van der Waals surface area contributed by atoms with Gasteiger partial charge in [0.05, 0.1) is 17.8 Å². The van der Waals surface area contributed by atoms with E-state index in [1.54, 1.807) is 6.20 Å². The molecule has 30 heavy (non-hydrogen) atoms. The lowest BCUT2D eigenvalue weighted by molar-refractivity contribution is -0.144. The van der Waals surface area contributed by atoms with E-state index in [0.29, 0.717) is 18.8 Å². The van der Waals surface area contributed by atoms with Crippen LogP contribution in [0, 0.1) is 11.8 Å². The summed E-state index contributed by atoms with van der Waals surface area (Å²) in [7, 11) is 0. The first kappa shape index (κ1) is 19.7. The third-order valence-corrected chi connectivity index (χ3v) is 6.17. The predicted octanol–water partition coefficient (Wildman–Crippen LogP) is 4.09. The number of imidazole rings is 1. The van der Waals surface area contributed by atoms with Crippen LogP contribution in [0.25, 0.3) is 11.3 Å². The second-order valence-corrected chi connectivity index (χ2v) is 8.45. The van der Waals surface area contributed by atoms with E-state index in [9.17, 15) is 26.3 Å². The van der Waals surface area contributed by atoms with Crippen LogP contribution < -0.4 is 5.73 Å². The number of hydrogen-bond donors (Lipinski definition) is 1. The molecule has 0 spiro atoms. The predicted molar refractivity (Wildman–Crippen MR) is 95.4 cm³/mol. The number of nitrogens with zero attached hydrogens (tertiary/aromatic N) is 4. The van der Waals surface area contributed by atoms with Crippen molar-refractivity contribution < 1.29 is 26.3 Å². The van der Waals surface area contributed by atoms with Gasteiger partial charge in [0.15, 0.2) is 0 Å². The Morgan fingerprint density at radius 3 is 2.30 bits per heavy atom. The van der Waals surface area contributed by atoms with Crippen LogP contribution in [-0.2, 0) is 6.18 Å². The van der Waals surface area contributed by atoms with Crippen molar-refractivity contribution in [1.29, 1.82) is 0 Å². The van der Waals surface area contributed by atoms with Crippen molar-refractivity contribution in [1.82, 2.24) is 19.4 Å². The highest BCUT2D eigenvalue weighted by Gasteiger charge is 2.58. The van der Waals surface area contributed by atoms with Crippen LogP contribution in [0.2, 0.25) is 0 Å². The number of pyridine rings is 1. The van der Waals surface area contributed by atoms with Gasteiger partial charge in [-0.2, -0.15) is 26.3 Å². The molecule has 0 unspecified atom stereocenters. The first-order valence-corrected chi connectivity index (χ1v) is 9.72. The summed E-state index contributed by atoms with van der Waals surface area (Å²) < 4.78 is 79.4. The number of piperidine rings is 1. The minimum atomic E-state index is -4.62. The number of anilines is 1. The molecule has 0 bridgehead atoms. The van der Waals surface area contributed by atoms with Gasteiger partial charge in [0, 0.05) is 43.0 Å². The molecule has 5 nitrogen and oxygen atoms in total. The number of aromatic nitrogens is 3. The molecule has 3 heterocycles. The molecule has 5 rings (SSSR count). The van der Waals surface area contributed by atoms with E-state index < -0.39 is 30.3 Å². The van der Waals surface area contributed by atoms with E-state index >= 15 is 0 Å². The Labute approximate surface area is 167 Å². The summed E-state index contributed by atoms with van der Waals surface area (Å²) in [5.41, 5.74) is 4.98. The molecule has 162 valence electrons. The second kappa shape index (κ2) is 6.35. The van der Waals surface area contributed by atoms with Gasteiger partial charge in [-0.05, 0) is 30.7 Å². The number of halogens is 6. The molecule has 2 aromatic rings. The van der Waals surface area contributed by atoms with Gasteiger partial charge in [0.25, 0.3) is 0 Å². The Kier molecular flexibility index (Phi) is 4.16. The zero-order chi connectivity index (χ0) is 21.4. The quantitative estimate of drug-likeness (QED) is 0.741. The summed E-state index contributed by atoms with van der Waals surface area (Å²) in [5.74, 6) is 0.686. The number of nitrogen functional groups attached to an aromatic ring is 1. The summed E-state index contributed by atoms with van der Waals surface area (Å²) in [6, 6.07) is 1.000. The third kappa shape index (κ3) is 3.52. The number of nitrogens with two attached hydrogens (primary N) is 1. The second-order valence-electron chi connectivity index (χ2n) is 8.45. The monoisotopic (exact) mass is 431 g/mol. The highest BCUT2D eigenvalue weighted by atomic mass is 19.4. The number of hydrogen-bond acceptors (Lipinski definition) is 4. The lowest BCUT2D eigenvalue weighted by Crippen LogP contribution is -2.34. The Balaban J connectivity index is 1.41. The molecule has 0 amide bonds. The smallest absolute Gasteiger partial charge is 0.383 e. The van der Waals surface area contributed by atoms with Crippen LogP contribution in [0.15, 0.2) is 18.5 Å². The average Bonchev–Trinajstić information content (AvgIpc) is 3.49. The molecule has 1 aliphatic heterocycles. The Hall–Kier alpha value is -2.30. The molecule has 3 atom stereocenters. The molecular weight excluding hydrogens is 412 g/mol. The minimum Gasteiger partial charge on any atom is -0.383 e. The maximum atomic E-state index is 13.2. The van der Waals surface area contributed by atoms with Crippen molar-refractivity contribution in [3.05, 3.63) is 29.8 Å². The van der Waals surface area contributed by atoms with Gasteiger partial charge >= 0.3 is 12.4 Å². The summed E-state index contributed by atoms with van der Waals surface area (Å²) in [6.07, 6.45) is -3.94.